The number of halogens is 3. The number of alkyl halides is 3. The van der Waals surface area contributed by atoms with Crippen molar-refractivity contribution in [3.63, 3.8) is 0 Å². The van der Waals surface area contributed by atoms with E-state index in [-0.39, 0.29) is 23.4 Å². The SMILES string of the molecule is CC(C)c1nc(-c2cc(OCC(F)(F)F)c(C3CC3)cn2)no1. The van der Waals surface area contributed by atoms with Gasteiger partial charge in [-0.1, -0.05) is 19.0 Å². The first-order chi connectivity index (χ1) is 10.8. The smallest absolute Gasteiger partial charge is 0.422 e. The molecule has 124 valence electrons. The first-order valence-corrected chi connectivity index (χ1v) is 7.37. The molecule has 0 atom stereocenters. The van der Waals surface area contributed by atoms with Crippen LogP contribution in [0, 0.1) is 0 Å². The van der Waals surface area contributed by atoms with Crippen LogP contribution < -0.4 is 4.74 Å². The lowest BCUT2D eigenvalue weighted by Gasteiger charge is -2.13. The fraction of sp³-hybridized carbons (Fsp3) is 0.533. The van der Waals surface area contributed by atoms with Crippen LogP contribution in [0.5, 0.6) is 5.75 Å². The van der Waals surface area contributed by atoms with E-state index in [0.29, 0.717) is 17.1 Å². The van der Waals surface area contributed by atoms with Crippen molar-refractivity contribution in [3.05, 3.63) is 23.7 Å². The maximum atomic E-state index is 12.4. The van der Waals surface area contributed by atoms with Gasteiger partial charge in [0.1, 0.15) is 11.4 Å². The third-order valence-corrected chi connectivity index (χ3v) is 3.47. The Morgan fingerprint density at radius 3 is 2.65 bits per heavy atom. The van der Waals surface area contributed by atoms with E-state index in [2.05, 4.69) is 15.1 Å². The second-order valence-corrected chi connectivity index (χ2v) is 5.90. The normalized spacial score (nSPS) is 15.2. The standard InChI is InChI=1S/C15H16F3N3O2/c1-8(2)14-20-13(21-23-14)11-5-12(22-7-15(16,17)18)10(6-19-11)9-3-4-9/h5-6,8-9H,3-4,7H2,1-2H3. The molecular formula is C15H16F3N3O2. The van der Waals surface area contributed by atoms with Crippen LogP contribution in [0.1, 0.15) is 50.0 Å². The molecule has 23 heavy (non-hydrogen) atoms. The summed E-state index contributed by atoms with van der Waals surface area (Å²) in [6.45, 7) is 2.47. The third kappa shape index (κ3) is 3.80. The lowest BCUT2D eigenvalue weighted by molar-refractivity contribution is -0.153. The van der Waals surface area contributed by atoms with E-state index in [4.69, 9.17) is 9.26 Å². The van der Waals surface area contributed by atoms with Crippen molar-refractivity contribution in [2.24, 2.45) is 0 Å². The third-order valence-electron chi connectivity index (χ3n) is 3.47. The van der Waals surface area contributed by atoms with Gasteiger partial charge < -0.3 is 9.26 Å². The van der Waals surface area contributed by atoms with Gasteiger partial charge in [0, 0.05) is 23.7 Å². The van der Waals surface area contributed by atoms with Gasteiger partial charge in [-0.2, -0.15) is 18.2 Å². The topological polar surface area (TPSA) is 61.0 Å². The molecule has 0 amide bonds. The Hall–Kier alpha value is -2.12. The molecule has 2 heterocycles. The van der Waals surface area contributed by atoms with Crippen LogP contribution in [-0.2, 0) is 0 Å². The number of hydrogen-bond acceptors (Lipinski definition) is 5. The van der Waals surface area contributed by atoms with Gasteiger partial charge in [0.2, 0.25) is 11.7 Å². The van der Waals surface area contributed by atoms with Gasteiger partial charge in [-0.3, -0.25) is 4.98 Å². The molecule has 0 unspecified atom stereocenters. The highest BCUT2D eigenvalue weighted by molar-refractivity contribution is 5.54. The number of aromatic nitrogens is 3. The molecular weight excluding hydrogens is 311 g/mol. The van der Waals surface area contributed by atoms with Crippen molar-refractivity contribution < 1.29 is 22.4 Å². The Kier molecular flexibility index (Phi) is 3.99. The second-order valence-electron chi connectivity index (χ2n) is 5.90. The van der Waals surface area contributed by atoms with Gasteiger partial charge in [0.15, 0.2) is 6.61 Å². The fourth-order valence-corrected chi connectivity index (χ4v) is 2.13. The van der Waals surface area contributed by atoms with Crippen molar-refractivity contribution in [1.82, 2.24) is 15.1 Å². The first kappa shape index (κ1) is 15.8. The van der Waals surface area contributed by atoms with Gasteiger partial charge >= 0.3 is 6.18 Å². The summed E-state index contributed by atoms with van der Waals surface area (Å²) in [6, 6.07) is 1.45. The molecule has 0 aromatic carbocycles. The average Bonchev–Trinajstić information content (AvgIpc) is 3.19. The average molecular weight is 327 g/mol. The zero-order chi connectivity index (χ0) is 16.6. The maximum absolute atomic E-state index is 12.4. The van der Waals surface area contributed by atoms with Crippen LogP contribution in [0.2, 0.25) is 0 Å². The van der Waals surface area contributed by atoms with Crippen LogP contribution in [0.4, 0.5) is 13.2 Å². The largest absolute Gasteiger partial charge is 0.484 e. The van der Waals surface area contributed by atoms with Crippen molar-refractivity contribution in [2.45, 2.75) is 44.7 Å². The highest BCUT2D eigenvalue weighted by atomic mass is 19.4. The summed E-state index contributed by atoms with van der Waals surface area (Å²) in [7, 11) is 0. The van der Waals surface area contributed by atoms with E-state index in [1.165, 1.54) is 6.07 Å². The number of hydrogen-bond donors (Lipinski definition) is 0. The van der Waals surface area contributed by atoms with Crippen molar-refractivity contribution in [2.75, 3.05) is 6.61 Å². The van der Waals surface area contributed by atoms with Crippen LogP contribution in [0.15, 0.2) is 16.8 Å². The summed E-state index contributed by atoms with van der Waals surface area (Å²) in [4.78, 5) is 8.44. The molecule has 0 radical (unpaired) electrons. The fourth-order valence-electron chi connectivity index (χ4n) is 2.13. The Balaban J connectivity index is 1.89. The van der Waals surface area contributed by atoms with E-state index in [9.17, 15) is 13.2 Å². The quantitative estimate of drug-likeness (QED) is 0.828. The zero-order valence-electron chi connectivity index (χ0n) is 12.7. The molecule has 3 rings (SSSR count). The minimum atomic E-state index is -4.39. The Morgan fingerprint density at radius 1 is 1.35 bits per heavy atom. The monoisotopic (exact) mass is 327 g/mol. The summed E-state index contributed by atoms with van der Waals surface area (Å²) in [5.41, 5.74) is 1.04. The summed E-state index contributed by atoms with van der Waals surface area (Å²) >= 11 is 0. The molecule has 1 fully saturated rings. The van der Waals surface area contributed by atoms with Gasteiger partial charge in [-0.05, 0) is 18.8 Å². The van der Waals surface area contributed by atoms with Crippen LogP contribution in [0.25, 0.3) is 11.5 Å². The molecule has 0 bridgehead atoms. The molecule has 1 aliphatic rings. The molecule has 2 aromatic heterocycles. The number of rotatable bonds is 5. The molecule has 8 heteroatoms. The Labute approximate surface area is 130 Å². The molecule has 1 saturated carbocycles. The van der Waals surface area contributed by atoms with Gasteiger partial charge in [0.25, 0.3) is 0 Å². The number of pyridine rings is 1. The predicted molar refractivity (Wildman–Crippen MR) is 75.1 cm³/mol. The lowest BCUT2D eigenvalue weighted by Crippen LogP contribution is -2.19. The number of nitrogens with zero attached hydrogens (tertiary/aromatic N) is 3. The van der Waals surface area contributed by atoms with E-state index in [1.807, 2.05) is 13.8 Å². The van der Waals surface area contributed by atoms with Crippen molar-refractivity contribution in [3.8, 4) is 17.3 Å². The maximum Gasteiger partial charge on any atom is 0.422 e. The highest BCUT2D eigenvalue weighted by Crippen LogP contribution is 2.44. The van der Waals surface area contributed by atoms with Crippen LogP contribution >= 0.6 is 0 Å². The Bertz CT molecular complexity index is 694. The lowest BCUT2D eigenvalue weighted by atomic mass is 10.1. The molecule has 0 N–H and O–H groups in total. The zero-order valence-corrected chi connectivity index (χ0v) is 12.7. The van der Waals surface area contributed by atoms with Crippen LogP contribution in [-0.4, -0.2) is 27.9 Å². The molecule has 1 aliphatic carbocycles. The number of ether oxygens (including phenoxy) is 1. The second kappa shape index (κ2) is 5.82. The molecule has 0 spiro atoms. The molecule has 0 aliphatic heterocycles. The Morgan fingerprint density at radius 2 is 2.09 bits per heavy atom. The van der Waals surface area contributed by atoms with E-state index < -0.39 is 12.8 Å². The van der Waals surface area contributed by atoms with Gasteiger partial charge in [-0.25, -0.2) is 0 Å². The van der Waals surface area contributed by atoms with E-state index in [0.717, 1.165) is 12.8 Å². The molecule has 2 aromatic rings. The molecule has 0 saturated heterocycles. The summed E-state index contributed by atoms with van der Waals surface area (Å²) in [5, 5.41) is 3.82. The first-order valence-electron chi connectivity index (χ1n) is 7.37. The minimum absolute atomic E-state index is 0.0583. The minimum Gasteiger partial charge on any atom is -0.484 e. The predicted octanol–water partition coefficient (Wildman–Crippen LogP) is 4.07. The summed E-state index contributed by atoms with van der Waals surface area (Å²) in [6.07, 6.45) is -0.975. The van der Waals surface area contributed by atoms with Gasteiger partial charge in [-0.15, -0.1) is 0 Å². The van der Waals surface area contributed by atoms with Crippen LogP contribution in [0.3, 0.4) is 0 Å². The highest BCUT2D eigenvalue weighted by Gasteiger charge is 2.32. The van der Waals surface area contributed by atoms with E-state index >= 15 is 0 Å². The van der Waals surface area contributed by atoms with Crippen molar-refractivity contribution in [1.29, 1.82) is 0 Å². The summed E-state index contributed by atoms with van der Waals surface area (Å²) in [5.74, 6) is 1.16. The van der Waals surface area contributed by atoms with E-state index in [1.54, 1.807) is 6.20 Å². The molecule has 5 nitrogen and oxygen atoms in total. The van der Waals surface area contributed by atoms with Crippen molar-refractivity contribution >= 4 is 0 Å². The summed E-state index contributed by atoms with van der Waals surface area (Å²) < 4.78 is 47.3. The van der Waals surface area contributed by atoms with Gasteiger partial charge in [0.05, 0.1) is 0 Å².